The number of benzene rings is 1. The van der Waals surface area contributed by atoms with Crippen LogP contribution in [0.25, 0.3) is 6.08 Å². The zero-order valence-corrected chi connectivity index (χ0v) is 6.29. The van der Waals surface area contributed by atoms with Crippen LogP contribution in [0.2, 0.25) is 0 Å². The summed E-state index contributed by atoms with van der Waals surface area (Å²) in [5, 5.41) is 0. The zero-order valence-electron chi connectivity index (χ0n) is 6.29. The lowest BCUT2D eigenvalue weighted by Crippen LogP contribution is -1.80. The molecule has 1 nitrogen and oxygen atoms in total. The van der Waals surface area contributed by atoms with Crippen LogP contribution in [0.4, 0.5) is 0 Å². The molecule has 1 aromatic carbocycles. The molecule has 0 spiro atoms. The number of hydrogen-bond donors (Lipinski definition) is 0. The summed E-state index contributed by atoms with van der Waals surface area (Å²) in [6.07, 6.45) is 3.18. The number of rotatable bonds is 3. The highest BCUT2D eigenvalue weighted by atomic mass is 16.5. The maximum atomic E-state index is 5.06. The average molecular weight is 146 g/mol. The van der Waals surface area contributed by atoms with E-state index in [9.17, 15) is 0 Å². The van der Waals surface area contributed by atoms with Crippen molar-refractivity contribution in [1.29, 1.82) is 0 Å². The van der Waals surface area contributed by atoms with Crippen molar-refractivity contribution in [2.24, 2.45) is 0 Å². The van der Waals surface area contributed by atoms with Gasteiger partial charge in [0.25, 0.3) is 0 Å². The lowest BCUT2D eigenvalue weighted by molar-refractivity contribution is 0.483. The topological polar surface area (TPSA) is 9.23 Å². The standard InChI is InChI=1S/C10H10O/c1-3-9-6-5-7-10(8-9)11-4-2/h3-8H,1-2H2. The molecule has 0 aliphatic heterocycles. The second kappa shape index (κ2) is 3.62. The van der Waals surface area contributed by atoms with E-state index in [2.05, 4.69) is 13.2 Å². The third kappa shape index (κ3) is 1.97. The monoisotopic (exact) mass is 146 g/mol. The molecule has 1 rings (SSSR count). The zero-order chi connectivity index (χ0) is 8.10. The molecule has 0 heterocycles. The van der Waals surface area contributed by atoms with Crippen molar-refractivity contribution in [2.75, 3.05) is 0 Å². The molecule has 0 saturated heterocycles. The first-order chi connectivity index (χ1) is 5.36. The minimum absolute atomic E-state index is 0.789. The molecule has 0 saturated carbocycles. The first kappa shape index (κ1) is 7.61. The van der Waals surface area contributed by atoms with Crippen LogP contribution in [0.3, 0.4) is 0 Å². The van der Waals surface area contributed by atoms with Crippen molar-refractivity contribution in [3.63, 3.8) is 0 Å². The van der Waals surface area contributed by atoms with Gasteiger partial charge in [-0.05, 0) is 17.7 Å². The second-order valence-corrected chi connectivity index (χ2v) is 2.06. The highest BCUT2D eigenvalue weighted by Crippen LogP contribution is 2.13. The average Bonchev–Trinajstić information content (AvgIpc) is 2.06. The lowest BCUT2D eigenvalue weighted by Gasteiger charge is -1.99. The molecule has 0 bridgehead atoms. The minimum Gasteiger partial charge on any atom is -0.466 e. The van der Waals surface area contributed by atoms with Gasteiger partial charge in [0, 0.05) is 0 Å². The third-order valence-electron chi connectivity index (χ3n) is 1.31. The van der Waals surface area contributed by atoms with Crippen LogP contribution >= 0.6 is 0 Å². The third-order valence-corrected chi connectivity index (χ3v) is 1.31. The predicted molar refractivity (Wildman–Crippen MR) is 47.4 cm³/mol. The summed E-state index contributed by atoms with van der Waals surface area (Å²) in [6.45, 7) is 7.11. The minimum atomic E-state index is 0.789. The van der Waals surface area contributed by atoms with Crippen molar-refractivity contribution >= 4 is 6.08 Å². The molecule has 0 aliphatic carbocycles. The summed E-state index contributed by atoms with van der Waals surface area (Å²) < 4.78 is 5.06. The summed E-state index contributed by atoms with van der Waals surface area (Å²) in [4.78, 5) is 0. The highest BCUT2D eigenvalue weighted by molar-refractivity contribution is 5.49. The summed E-state index contributed by atoms with van der Waals surface area (Å²) >= 11 is 0. The van der Waals surface area contributed by atoms with E-state index in [1.54, 1.807) is 6.08 Å². The van der Waals surface area contributed by atoms with Gasteiger partial charge in [-0.25, -0.2) is 0 Å². The van der Waals surface area contributed by atoms with Crippen molar-refractivity contribution in [2.45, 2.75) is 0 Å². The van der Waals surface area contributed by atoms with Crippen LogP contribution in [0.5, 0.6) is 5.75 Å². The normalized spacial score (nSPS) is 8.73. The van der Waals surface area contributed by atoms with Gasteiger partial charge in [0.1, 0.15) is 5.75 Å². The first-order valence-corrected chi connectivity index (χ1v) is 3.37. The molecule has 0 atom stereocenters. The molecular formula is C10H10O. The Bertz CT molecular complexity index is 263. The Morgan fingerprint density at radius 1 is 1.27 bits per heavy atom. The SMILES string of the molecule is C=COc1cccc(C=C)c1. The fourth-order valence-electron chi connectivity index (χ4n) is 0.811. The molecule has 0 unspecified atom stereocenters. The van der Waals surface area contributed by atoms with E-state index in [1.165, 1.54) is 6.26 Å². The molecule has 1 aromatic rings. The van der Waals surface area contributed by atoms with E-state index >= 15 is 0 Å². The van der Waals surface area contributed by atoms with Gasteiger partial charge >= 0.3 is 0 Å². The van der Waals surface area contributed by atoms with Crippen LogP contribution in [-0.4, -0.2) is 0 Å². The van der Waals surface area contributed by atoms with Crippen molar-refractivity contribution in [3.05, 3.63) is 49.2 Å². The Morgan fingerprint density at radius 2 is 2.09 bits per heavy atom. The van der Waals surface area contributed by atoms with E-state index < -0.39 is 0 Å². The van der Waals surface area contributed by atoms with Crippen LogP contribution in [-0.2, 0) is 0 Å². The molecule has 0 amide bonds. The molecule has 0 aromatic heterocycles. The van der Waals surface area contributed by atoms with Gasteiger partial charge in [-0.2, -0.15) is 0 Å². The quantitative estimate of drug-likeness (QED) is 0.596. The van der Waals surface area contributed by atoms with Gasteiger partial charge in [-0.3, -0.25) is 0 Å². The van der Waals surface area contributed by atoms with Crippen molar-refractivity contribution in [3.8, 4) is 5.75 Å². The van der Waals surface area contributed by atoms with Gasteiger partial charge in [-0.1, -0.05) is 31.4 Å². The van der Waals surface area contributed by atoms with E-state index in [0.717, 1.165) is 11.3 Å². The number of ether oxygens (including phenoxy) is 1. The first-order valence-electron chi connectivity index (χ1n) is 3.37. The van der Waals surface area contributed by atoms with Crippen LogP contribution in [0.15, 0.2) is 43.7 Å². The van der Waals surface area contributed by atoms with E-state index in [4.69, 9.17) is 4.74 Å². The smallest absolute Gasteiger partial charge is 0.127 e. The van der Waals surface area contributed by atoms with Gasteiger partial charge in [0.15, 0.2) is 0 Å². The van der Waals surface area contributed by atoms with Crippen LogP contribution < -0.4 is 4.74 Å². The molecule has 0 N–H and O–H groups in total. The van der Waals surface area contributed by atoms with Crippen molar-refractivity contribution < 1.29 is 4.74 Å². The summed E-state index contributed by atoms with van der Waals surface area (Å²) in [7, 11) is 0. The molecule has 0 radical (unpaired) electrons. The molecule has 0 fully saturated rings. The maximum absolute atomic E-state index is 5.06. The van der Waals surface area contributed by atoms with Crippen LogP contribution in [0.1, 0.15) is 5.56 Å². The van der Waals surface area contributed by atoms with E-state index in [1.807, 2.05) is 24.3 Å². The van der Waals surface area contributed by atoms with E-state index in [0.29, 0.717) is 0 Å². The van der Waals surface area contributed by atoms with E-state index in [-0.39, 0.29) is 0 Å². The van der Waals surface area contributed by atoms with Gasteiger partial charge in [-0.15, -0.1) is 0 Å². The lowest BCUT2D eigenvalue weighted by atomic mass is 10.2. The molecule has 11 heavy (non-hydrogen) atoms. The fraction of sp³-hybridized carbons (Fsp3) is 0. The second-order valence-electron chi connectivity index (χ2n) is 2.06. The Hall–Kier alpha value is -1.50. The Labute approximate surface area is 66.6 Å². The fourth-order valence-corrected chi connectivity index (χ4v) is 0.811. The molecule has 56 valence electrons. The van der Waals surface area contributed by atoms with Crippen LogP contribution in [0, 0.1) is 0 Å². The molecular weight excluding hydrogens is 136 g/mol. The van der Waals surface area contributed by atoms with Gasteiger partial charge in [0.05, 0.1) is 6.26 Å². The molecule has 0 aliphatic rings. The predicted octanol–water partition coefficient (Wildman–Crippen LogP) is 2.85. The number of hydrogen-bond acceptors (Lipinski definition) is 1. The van der Waals surface area contributed by atoms with Crippen molar-refractivity contribution in [1.82, 2.24) is 0 Å². The Kier molecular flexibility index (Phi) is 2.50. The highest BCUT2D eigenvalue weighted by Gasteiger charge is 1.89. The van der Waals surface area contributed by atoms with Gasteiger partial charge < -0.3 is 4.74 Å². The summed E-state index contributed by atoms with van der Waals surface area (Å²) in [5.74, 6) is 0.789. The Balaban J connectivity index is 2.90. The summed E-state index contributed by atoms with van der Waals surface area (Å²) in [6, 6.07) is 7.64. The Morgan fingerprint density at radius 3 is 2.73 bits per heavy atom. The summed E-state index contributed by atoms with van der Waals surface area (Å²) in [5.41, 5.74) is 1.05. The van der Waals surface area contributed by atoms with Gasteiger partial charge in [0.2, 0.25) is 0 Å². The maximum Gasteiger partial charge on any atom is 0.127 e. The largest absolute Gasteiger partial charge is 0.466 e. The molecule has 1 heteroatoms.